The molecule has 0 aliphatic heterocycles. The zero-order valence-corrected chi connectivity index (χ0v) is 13.0. The van der Waals surface area contributed by atoms with Gasteiger partial charge < -0.3 is 9.84 Å². The van der Waals surface area contributed by atoms with Crippen LogP contribution in [0.5, 0.6) is 0 Å². The molecular formula is C17H28O3. The second-order valence-corrected chi connectivity index (χ2v) is 5.78. The minimum atomic E-state index is -0.551. The minimum Gasteiger partial charge on any atom is -0.389 e. The van der Waals surface area contributed by atoms with Crippen molar-refractivity contribution in [3.63, 3.8) is 0 Å². The Morgan fingerprint density at radius 3 is 2.70 bits per heavy atom. The van der Waals surface area contributed by atoms with Gasteiger partial charge in [-0.1, -0.05) is 30.7 Å². The summed E-state index contributed by atoms with van der Waals surface area (Å²) in [6, 6.07) is 0. The number of hydrogen-bond acceptors (Lipinski definition) is 3. The number of hydrogen-bond donors (Lipinski definition) is 1. The van der Waals surface area contributed by atoms with Crippen LogP contribution in [0.25, 0.3) is 0 Å². The van der Waals surface area contributed by atoms with Crippen molar-refractivity contribution < 1.29 is 14.6 Å². The molecule has 3 heteroatoms. The van der Waals surface area contributed by atoms with Gasteiger partial charge in [-0.25, -0.2) is 0 Å². The summed E-state index contributed by atoms with van der Waals surface area (Å²) in [4.78, 5) is 11.7. The second-order valence-electron chi connectivity index (χ2n) is 5.78. The predicted molar refractivity (Wildman–Crippen MR) is 81.6 cm³/mol. The minimum absolute atomic E-state index is 0.0163. The van der Waals surface area contributed by atoms with Crippen LogP contribution in [0.15, 0.2) is 23.8 Å². The first kappa shape index (κ1) is 17.1. The molecule has 0 spiro atoms. The summed E-state index contributed by atoms with van der Waals surface area (Å²) < 4.78 is 5.37. The monoisotopic (exact) mass is 280 g/mol. The van der Waals surface area contributed by atoms with E-state index in [9.17, 15) is 9.90 Å². The molecule has 0 heterocycles. The van der Waals surface area contributed by atoms with Crippen LogP contribution in [0.1, 0.15) is 52.4 Å². The Balaban J connectivity index is 2.78. The molecular weight excluding hydrogens is 252 g/mol. The fraction of sp³-hybridized carbons (Fsp3) is 0.706. The van der Waals surface area contributed by atoms with Gasteiger partial charge in [-0.3, -0.25) is 4.79 Å². The van der Waals surface area contributed by atoms with Crippen LogP contribution < -0.4 is 0 Å². The summed E-state index contributed by atoms with van der Waals surface area (Å²) in [6.07, 6.45) is 10.2. The molecule has 0 fully saturated rings. The van der Waals surface area contributed by atoms with Crippen LogP contribution >= 0.6 is 0 Å². The molecule has 1 N–H and O–H groups in total. The zero-order chi connectivity index (χ0) is 15.0. The molecule has 3 nitrogen and oxygen atoms in total. The van der Waals surface area contributed by atoms with Crippen molar-refractivity contribution in [1.82, 2.24) is 0 Å². The lowest BCUT2D eigenvalue weighted by Gasteiger charge is -2.23. The van der Waals surface area contributed by atoms with E-state index in [0.29, 0.717) is 18.6 Å². The van der Waals surface area contributed by atoms with Gasteiger partial charge in [0.2, 0.25) is 0 Å². The number of aliphatic hydroxyl groups is 1. The zero-order valence-electron chi connectivity index (χ0n) is 13.0. The summed E-state index contributed by atoms with van der Waals surface area (Å²) in [5.74, 6) is 0.365. The third-order valence-corrected chi connectivity index (χ3v) is 3.90. The molecule has 20 heavy (non-hydrogen) atoms. The highest BCUT2D eigenvalue weighted by atomic mass is 16.5. The van der Waals surface area contributed by atoms with E-state index in [2.05, 4.69) is 12.2 Å². The smallest absolute Gasteiger partial charge is 0.133 e. The first-order valence-electron chi connectivity index (χ1n) is 7.61. The third-order valence-electron chi connectivity index (χ3n) is 3.90. The van der Waals surface area contributed by atoms with Gasteiger partial charge in [-0.05, 0) is 32.6 Å². The van der Waals surface area contributed by atoms with E-state index in [0.717, 1.165) is 25.7 Å². The number of methoxy groups -OCH3 is 1. The van der Waals surface area contributed by atoms with Crippen molar-refractivity contribution in [2.75, 3.05) is 7.11 Å². The summed E-state index contributed by atoms with van der Waals surface area (Å²) in [5.41, 5.74) is 1.17. The Hall–Kier alpha value is -0.930. The van der Waals surface area contributed by atoms with E-state index >= 15 is 0 Å². The number of aliphatic hydroxyl groups excluding tert-OH is 1. The number of carbonyl (C=O) groups is 1. The highest BCUT2D eigenvalue weighted by Gasteiger charge is 2.21. The third kappa shape index (κ3) is 6.02. The van der Waals surface area contributed by atoms with E-state index in [1.807, 2.05) is 19.9 Å². The van der Waals surface area contributed by atoms with Crippen LogP contribution in [-0.4, -0.2) is 30.2 Å². The molecule has 1 aliphatic rings. The van der Waals surface area contributed by atoms with Gasteiger partial charge >= 0.3 is 0 Å². The molecule has 114 valence electrons. The largest absolute Gasteiger partial charge is 0.389 e. The molecule has 1 aliphatic carbocycles. The van der Waals surface area contributed by atoms with Gasteiger partial charge in [0.1, 0.15) is 11.9 Å². The van der Waals surface area contributed by atoms with Crippen LogP contribution in [-0.2, 0) is 9.53 Å². The van der Waals surface area contributed by atoms with Crippen LogP contribution in [0.4, 0.5) is 0 Å². The molecule has 0 aromatic carbocycles. The van der Waals surface area contributed by atoms with E-state index in [1.54, 1.807) is 7.11 Å². The highest BCUT2D eigenvalue weighted by molar-refractivity contribution is 5.78. The lowest BCUT2D eigenvalue weighted by atomic mass is 9.94. The molecule has 0 amide bonds. The Bertz CT molecular complexity index is 357. The molecule has 0 saturated carbocycles. The number of carbonyl (C=O) groups excluding carboxylic acids is 1. The lowest BCUT2D eigenvalue weighted by molar-refractivity contribution is -0.119. The summed E-state index contributed by atoms with van der Waals surface area (Å²) in [6.45, 7) is 4.02. The van der Waals surface area contributed by atoms with Crippen LogP contribution in [0, 0.1) is 5.92 Å². The average molecular weight is 280 g/mol. The maximum absolute atomic E-state index is 11.7. The first-order valence-corrected chi connectivity index (χ1v) is 7.61. The Labute approximate surface area is 122 Å². The predicted octanol–water partition coefficient (Wildman–Crippen LogP) is 3.42. The molecule has 0 saturated heterocycles. The lowest BCUT2D eigenvalue weighted by Crippen LogP contribution is -2.31. The highest BCUT2D eigenvalue weighted by Crippen LogP contribution is 2.18. The molecule has 0 aromatic rings. The normalized spacial score (nSPS) is 34.9. The molecule has 2 unspecified atom stereocenters. The van der Waals surface area contributed by atoms with Crippen molar-refractivity contribution in [2.45, 2.75) is 64.6 Å². The fourth-order valence-corrected chi connectivity index (χ4v) is 2.54. The van der Waals surface area contributed by atoms with E-state index in [1.165, 1.54) is 5.57 Å². The SMILES string of the molecule is CO[C@H]1/C=C/CCCCC(=O)CC/C(C)=C\C(C)C1O. The Morgan fingerprint density at radius 1 is 1.25 bits per heavy atom. The quantitative estimate of drug-likeness (QED) is 0.749. The maximum Gasteiger partial charge on any atom is 0.133 e. The first-order chi connectivity index (χ1) is 9.54. The van der Waals surface area contributed by atoms with E-state index in [4.69, 9.17) is 4.74 Å². The van der Waals surface area contributed by atoms with E-state index < -0.39 is 6.10 Å². The van der Waals surface area contributed by atoms with Gasteiger partial charge in [-0.2, -0.15) is 0 Å². The number of ether oxygens (including phenoxy) is 1. The van der Waals surface area contributed by atoms with Crippen molar-refractivity contribution in [2.24, 2.45) is 5.92 Å². The molecule has 0 radical (unpaired) electrons. The molecule has 0 aromatic heterocycles. The van der Waals surface area contributed by atoms with Crippen LogP contribution in [0.2, 0.25) is 0 Å². The number of Topliss-reactive ketones (excluding diaryl/α,β-unsaturated/α-hetero) is 1. The average Bonchev–Trinajstić information content (AvgIpc) is 2.43. The molecule has 3 atom stereocenters. The number of ketones is 1. The van der Waals surface area contributed by atoms with Gasteiger partial charge in [-0.15, -0.1) is 0 Å². The second kappa shape index (κ2) is 9.09. The van der Waals surface area contributed by atoms with Gasteiger partial charge in [0.25, 0.3) is 0 Å². The van der Waals surface area contributed by atoms with E-state index in [-0.39, 0.29) is 12.0 Å². The Kier molecular flexibility index (Phi) is 7.78. The van der Waals surface area contributed by atoms with Crippen LogP contribution in [0.3, 0.4) is 0 Å². The topological polar surface area (TPSA) is 46.5 Å². The number of rotatable bonds is 1. The standard InChI is InChI=1S/C17H28O3/c1-13-10-11-15(18)8-6-4-5-7-9-16(20-3)17(19)14(2)12-13/h7,9,12,14,16-17,19H,4-6,8,10-11H2,1-3H3/b9-7+,13-12-/t14?,16-,17?/m0/s1. The van der Waals surface area contributed by atoms with Crippen molar-refractivity contribution in [3.8, 4) is 0 Å². The fourth-order valence-electron chi connectivity index (χ4n) is 2.54. The summed E-state index contributed by atoms with van der Waals surface area (Å²) >= 11 is 0. The Morgan fingerprint density at radius 2 is 2.00 bits per heavy atom. The van der Waals surface area contributed by atoms with Crippen molar-refractivity contribution >= 4 is 5.78 Å². The van der Waals surface area contributed by atoms with Gasteiger partial charge in [0, 0.05) is 25.9 Å². The maximum atomic E-state index is 11.7. The van der Waals surface area contributed by atoms with Crippen molar-refractivity contribution in [1.29, 1.82) is 0 Å². The number of allylic oxidation sites excluding steroid dienone is 2. The van der Waals surface area contributed by atoms with Crippen molar-refractivity contribution in [3.05, 3.63) is 23.8 Å². The van der Waals surface area contributed by atoms with Gasteiger partial charge in [0.05, 0.1) is 6.10 Å². The summed E-state index contributed by atoms with van der Waals surface area (Å²) in [7, 11) is 1.63. The summed E-state index contributed by atoms with van der Waals surface area (Å²) in [5, 5.41) is 10.3. The molecule has 0 bridgehead atoms. The van der Waals surface area contributed by atoms with Gasteiger partial charge in [0.15, 0.2) is 0 Å². The molecule has 1 rings (SSSR count).